The van der Waals surface area contributed by atoms with Crippen molar-refractivity contribution in [3.63, 3.8) is 0 Å². The highest BCUT2D eigenvalue weighted by Crippen LogP contribution is 2.11. The average Bonchev–Trinajstić information content (AvgIpc) is 2.16. The van der Waals surface area contributed by atoms with Crippen molar-refractivity contribution in [2.24, 2.45) is 0 Å². The maximum Gasteiger partial charge on any atom is 0.0926 e. The van der Waals surface area contributed by atoms with Gasteiger partial charge in [-0.2, -0.15) is 0 Å². The predicted molar refractivity (Wildman–Crippen MR) is 62.2 cm³/mol. The van der Waals surface area contributed by atoms with Crippen molar-refractivity contribution >= 4 is 11.8 Å². The summed E-state index contributed by atoms with van der Waals surface area (Å²) in [6.45, 7) is 9.00. The fraction of sp³-hybridized carbons (Fsp3) is 0.818. The molecule has 13 heavy (non-hydrogen) atoms. The molecule has 0 heterocycles. The van der Waals surface area contributed by atoms with Gasteiger partial charge in [0.2, 0.25) is 0 Å². The lowest BCUT2D eigenvalue weighted by Crippen LogP contribution is -1.98. The molecule has 0 saturated carbocycles. The van der Waals surface area contributed by atoms with Gasteiger partial charge in [-0.3, -0.25) is 0 Å². The topological polar surface area (TPSA) is 9.23 Å². The van der Waals surface area contributed by atoms with Crippen LogP contribution in [0.15, 0.2) is 12.7 Å². The lowest BCUT2D eigenvalue weighted by molar-refractivity contribution is 0.177. The summed E-state index contributed by atoms with van der Waals surface area (Å²) in [6.07, 6.45) is 7.09. The molecule has 1 unspecified atom stereocenters. The van der Waals surface area contributed by atoms with E-state index in [0.717, 1.165) is 12.5 Å². The molecule has 0 radical (unpaired) electrons. The molecular weight excluding hydrogens is 180 g/mol. The zero-order chi connectivity index (χ0) is 9.94. The summed E-state index contributed by atoms with van der Waals surface area (Å²) in [5.74, 6) is 0.805. The highest BCUT2D eigenvalue weighted by Gasteiger charge is 1.95. The van der Waals surface area contributed by atoms with Gasteiger partial charge in [-0.1, -0.05) is 32.3 Å². The zero-order valence-corrected chi connectivity index (χ0v) is 9.74. The van der Waals surface area contributed by atoms with E-state index in [9.17, 15) is 0 Å². The molecule has 78 valence electrons. The second-order valence-electron chi connectivity index (χ2n) is 3.19. The number of hydrogen-bond donors (Lipinski definition) is 0. The fourth-order valence-corrected chi connectivity index (χ4v) is 1.48. The number of unbranched alkanes of at least 4 members (excludes halogenated alkanes) is 3. The average molecular weight is 202 g/mol. The van der Waals surface area contributed by atoms with Crippen LogP contribution in [0.5, 0.6) is 0 Å². The van der Waals surface area contributed by atoms with Gasteiger partial charge in [0.05, 0.1) is 5.94 Å². The van der Waals surface area contributed by atoms with Crippen LogP contribution >= 0.6 is 11.8 Å². The first kappa shape index (κ1) is 13.1. The van der Waals surface area contributed by atoms with E-state index in [-0.39, 0.29) is 0 Å². The first-order valence-corrected chi connectivity index (χ1v) is 6.18. The Morgan fingerprint density at radius 1 is 1.38 bits per heavy atom. The molecule has 0 saturated heterocycles. The first-order chi connectivity index (χ1) is 6.31. The van der Waals surface area contributed by atoms with Crippen LogP contribution in [0.3, 0.4) is 0 Å². The van der Waals surface area contributed by atoms with Crippen LogP contribution in [-0.4, -0.2) is 17.8 Å². The Bertz CT molecular complexity index is 115. The largest absolute Gasteiger partial charge is 0.371 e. The van der Waals surface area contributed by atoms with Gasteiger partial charge in [-0.25, -0.2) is 0 Å². The van der Waals surface area contributed by atoms with Crippen LogP contribution in [0, 0.1) is 0 Å². The van der Waals surface area contributed by atoms with Crippen LogP contribution in [0.1, 0.15) is 39.5 Å². The SMILES string of the molecule is C=CC(C)SCOCCCCCC. The first-order valence-electron chi connectivity index (χ1n) is 5.13. The summed E-state index contributed by atoms with van der Waals surface area (Å²) in [4.78, 5) is 0. The molecule has 0 amide bonds. The van der Waals surface area contributed by atoms with Gasteiger partial charge in [0.15, 0.2) is 0 Å². The fourth-order valence-electron chi connectivity index (χ4n) is 0.913. The molecule has 0 aliphatic carbocycles. The van der Waals surface area contributed by atoms with Crippen molar-refractivity contribution in [3.05, 3.63) is 12.7 Å². The third-order valence-corrected chi connectivity index (χ3v) is 2.91. The molecular formula is C11H22OS. The summed E-state index contributed by atoms with van der Waals surface area (Å²) < 4.78 is 5.47. The van der Waals surface area contributed by atoms with E-state index in [4.69, 9.17) is 4.74 Å². The number of thioether (sulfide) groups is 1. The lowest BCUT2D eigenvalue weighted by Gasteiger charge is -2.06. The second kappa shape index (κ2) is 10.1. The van der Waals surface area contributed by atoms with Crippen LogP contribution < -0.4 is 0 Å². The standard InChI is InChI=1S/C11H22OS/c1-4-6-7-8-9-12-10-13-11(3)5-2/h5,11H,2,4,6-10H2,1,3H3. The maximum absolute atomic E-state index is 5.47. The minimum absolute atomic E-state index is 0.510. The number of hydrogen-bond acceptors (Lipinski definition) is 2. The van der Waals surface area contributed by atoms with E-state index in [1.54, 1.807) is 11.8 Å². The van der Waals surface area contributed by atoms with E-state index in [1.807, 2.05) is 6.08 Å². The maximum atomic E-state index is 5.47. The van der Waals surface area contributed by atoms with Crippen LogP contribution in [0.4, 0.5) is 0 Å². The summed E-state index contributed by atoms with van der Waals surface area (Å²) in [6, 6.07) is 0. The predicted octanol–water partition coefficient (Wildman–Crippen LogP) is 3.85. The van der Waals surface area contributed by atoms with Gasteiger partial charge in [-0.15, -0.1) is 18.3 Å². The van der Waals surface area contributed by atoms with Gasteiger partial charge in [0.25, 0.3) is 0 Å². The third-order valence-electron chi connectivity index (χ3n) is 1.89. The highest BCUT2D eigenvalue weighted by molar-refractivity contribution is 7.99. The van der Waals surface area contributed by atoms with Gasteiger partial charge >= 0.3 is 0 Å². The minimum Gasteiger partial charge on any atom is -0.371 e. The van der Waals surface area contributed by atoms with Gasteiger partial charge in [-0.05, 0) is 13.3 Å². The molecule has 0 aromatic carbocycles. The Balaban J connectivity index is 2.95. The number of rotatable bonds is 9. The normalized spacial score (nSPS) is 12.8. The van der Waals surface area contributed by atoms with Gasteiger partial charge in [0.1, 0.15) is 0 Å². The molecule has 1 atom stereocenters. The monoisotopic (exact) mass is 202 g/mol. The molecule has 0 N–H and O–H groups in total. The van der Waals surface area contributed by atoms with Gasteiger partial charge in [0, 0.05) is 11.9 Å². The molecule has 0 rings (SSSR count). The molecule has 1 nitrogen and oxygen atoms in total. The second-order valence-corrected chi connectivity index (χ2v) is 4.51. The van der Waals surface area contributed by atoms with E-state index in [2.05, 4.69) is 20.4 Å². The summed E-state index contributed by atoms with van der Waals surface area (Å²) >= 11 is 1.80. The molecule has 0 aromatic rings. The molecule has 0 spiro atoms. The molecule has 0 aromatic heterocycles. The quantitative estimate of drug-likeness (QED) is 0.319. The van der Waals surface area contributed by atoms with Crippen molar-refractivity contribution in [1.29, 1.82) is 0 Å². The van der Waals surface area contributed by atoms with Crippen LogP contribution in [0.25, 0.3) is 0 Å². The van der Waals surface area contributed by atoms with Crippen molar-refractivity contribution in [2.75, 3.05) is 12.5 Å². The summed E-state index contributed by atoms with van der Waals surface area (Å²) in [5.41, 5.74) is 0. The Morgan fingerprint density at radius 2 is 2.15 bits per heavy atom. The van der Waals surface area contributed by atoms with E-state index in [0.29, 0.717) is 5.25 Å². The lowest BCUT2D eigenvalue weighted by atomic mass is 10.2. The zero-order valence-electron chi connectivity index (χ0n) is 8.92. The molecule has 0 bridgehead atoms. The van der Waals surface area contributed by atoms with E-state index >= 15 is 0 Å². The molecule has 0 fully saturated rings. The summed E-state index contributed by atoms with van der Waals surface area (Å²) in [5, 5.41) is 0.510. The van der Waals surface area contributed by atoms with Crippen molar-refractivity contribution in [1.82, 2.24) is 0 Å². The van der Waals surface area contributed by atoms with Crippen LogP contribution in [0.2, 0.25) is 0 Å². The van der Waals surface area contributed by atoms with Crippen LogP contribution in [-0.2, 0) is 4.74 Å². The summed E-state index contributed by atoms with van der Waals surface area (Å²) in [7, 11) is 0. The smallest absolute Gasteiger partial charge is 0.0926 e. The highest BCUT2D eigenvalue weighted by atomic mass is 32.2. The minimum atomic E-state index is 0.510. The third kappa shape index (κ3) is 9.97. The van der Waals surface area contributed by atoms with E-state index < -0.39 is 0 Å². The Morgan fingerprint density at radius 3 is 2.77 bits per heavy atom. The number of ether oxygens (including phenoxy) is 1. The Kier molecular flexibility index (Phi) is 10.2. The van der Waals surface area contributed by atoms with E-state index in [1.165, 1.54) is 25.7 Å². The molecule has 0 aliphatic heterocycles. The Hall–Kier alpha value is 0.0500. The van der Waals surface area contributed by atoms with Crippen molar-refractivity contribution in [2.45, 2.75) is 44.8 Å². The molecule has 2 heteroatoms. The Labute approximate surface area is 86.9 Å². The van der Waals surface area contributed by atoms with Crippen molar-refractivity contribution in [3.8, 4) is 0 Å². The molecule has 0 aliphatic rings. The van der Waals surface area contributed by atoms with Crippen molar-refractivity contribution < 1.29 is 4.74 Å². The van der Waals surface area contributed by atoms with Gasteiger partial charge < -0.3 is 4.74 Å².